The molecule has 0 aliphatic rings. The van der Waals surface area contributed by atoms with Gasteiger partial charge in [-0.25, -0.2) is 9.59 Å². The predicted octanol–water partition coefficient (Wildman–Crippen LogP) is 2.98. The molecular weight excluding hydrogens is 312 g/mol. The number of carbonyl (C=O) groups excluding carboxylic acids is 2. The molecule has 0 aromatic carbocycles. The molecule has 0 fully saturated rings. The van der Waals surface area contributed by atoms with Gasteiger partial charge in [-0.2, -0.15) is 0 Å². The first kappa shape index (κ1) is 22.3. The van der Waals surface area contributed by atoms with Crippen LogP contribution in [-0.2, 0) is 19.1 Å². The van der Waals surface area contributed by atoms with E-state index in [0.29, 0.717) is 6.42 Å². The van der Waals surface area contributed by atoms with Crippen LogP contribution in [0.1, 0.15) is 65.7 Å². The predicted molar refractivity (Wildman–Crippen MR) is 90.8 cm³/mol. The monoisotopic (exact) mass is 342 g/mol. The number of carbonyl (C=O) groups is 2. The number of aliphatic hydroxyl groups is 2. The summed E-state index contributed by atoms with van der Waals surface area (Å²) in [6.07, 6.45) is 4.04. The van der Waals surface area contributed by atoms with Gasteiger partial charge < -0.3 is 19.7 Å². The van der Waals surface area contributed by atoms with Crippen LogP contribution in [0.3, 0.4) is 0 Å². The van der Waals surface area contributed by atoms with Gasteiger partial charge in [-0.1, -0.05) is 52.2 Å². The van der Waals surface area contributed by atoms with E-state index in [4.69, 9.17) is 9.47 Å². The van der Waals surface area contributed by atoms with E-state index in [1.165, 1.54) is 13.8 Å². The summed E-state index contributed by atoms with van der Waals surface area (Å²) in [5.74, 6) is -4.38. The molecule has 138 valence electrons. The average molecular weight is 342 g/mol. The highest BCUT2D eigenvalue weighted by molar-refractivity contribution is 5.88. The Hall–Kier alpha value is -1.66. The van der Waals surface area contributed by atoms with Crippen molar-refractivity contribution >= 4 is 11.9 Å². The summed E-state index contributed by atoms with van der Waals surface area (Å²) in [6, 6.07) is 0. The van der Waals surface area contributed by atoms with E-state index in [1.54, 1.807) is 0 Å². The third kappa shape index (κ3) is 9.47. The summed E-state index contributed by atoms with van der Waals surface area (Å²) < 4.78 is 9.62. The molecule has 0 aromatic rings. The van der Waals surface area contributed by atoms with Crippen molar-refractivity contribution in [2.24, 2.45) is 0 Å². The molecule has 0 aliphatic heterocycles. The van der Waals surface area contributed by atoms with Crippen molar-refractivity contribution < 1.29 is 29.3 Å². The van der Waals surface area contributed by atoms with Crippen LogP contribution in [0.4, 0.5) is 0 Å². The quantitative estimate of drug-likeness (QED) is 0.245. The molecule has 0 heterocycles. The molecule has 0 aromatic heterocycles. The minimum Gasteiger partial charge on any atom is -0.394 e. The number of hydrogen-bond donors (Lipinski definition) is 2. The lowest BCUT2D eigenvalue weighted by molar-refractivity contribution is -0.331. The molecule has 0 radical (unpaired) electrons. The number of rotatable bonds is 12. The van der Waals surface area contributed by atoms with Crippen LogP contribution >= 0.6 is 0 Å². The van der Waals surface area contributed by atoms with E-state index in [1.807, 2.05) is 0 Å². The molecule has 6 heteroatoms. The van der Waals surface area contributed by atoms with Gasteiger partial charge in [0.1, 0.15) is 0 Å². The molecule has 0 rings (SSSR count). The van der Waals surface area contributed by atoms with Crippen LogP contribution in [0.2, 0.25) is 0 Å². The van der Waals surface area contributed by atoms with Crippen LogP contribution in [0.25, 0.3) is 0 Å². The zero-order chi connectivity index (χ0) is 18.8. The van der Waals surface area contributed by atoms with Gasteiger partial charge in [0.2, 0.25) is 0 Å². The van der Waals surface area contributed by atoms with E-state index >= 15 is 0 Å². The van der Waals surface area contributed by atoms with E-state index in [2.05, 4.69) is 20.1 Å². The van der Waals surface area contributed by atoms with Crippen LogP contribution in [0.5, 0.6) is 0 Å². The molecule has 0 aliphatic carbocycles. The van der Waals surface area contributed by atoms with E-state index < -0.39 is 30.4 Å². The highest BCUT2D eigenvalue weighted by atomic mass is 16.8. The minimum atomic E-state index is -2.55. The Morgan fingerprint density at radius 3 is 1.88 bits per heavy atom. The lowest BCUT2D eigenvalue weighted by Crippen LogP contribution is -2.43. The summed E-state index contributed by atoms with van der Waals surface area (Å²) >= 11 is 0. The number of ether oxygens (including phenoxy) is 2. The van der Waals surface area contributed by atoms with Crippen LogP contribution in [0.15, 0.2) is 24.3 Å². The molecule has 1 atom stereocenters. The first-order valence-corrected chi connectivity index (χ1v) is 8.29. The Morgan fingerprint density at radius 2 is 1.46 bits per heavy atom. The highest BCUT2D eigenvalue weighted by Gasteiger charge is 2.39. The van der Waals surface area contributed by atoms with Crippen LogP contribution in [0, 0.1) is 0 Å². The van der Waals surface area contributed by atoms with Gasteiger partial charge in [0.15, 0.2) is 0 Å². The summed E-state index contributed by atoms with van der Waals surface area (Å²) in [5, 5.41) is 20.4. The second-order valence-electron chi connectivity index (χ2n) is 6.11. The lowest BCUT2D eigenvalue weighted by Gasteiger charge is -2.29. The largest absolute Gasteiger partial charge is 0.394 e. The average Bonchev–Trinajstić information content (AvgIpc) is 2.46. The Labute approximate surface area is 144 Å². The Kier molecular flexibility index (Phi) is 10.2. The summed E-state index contributed by atoms with van der Waals surface area (Å²) in [7, 11) is 0. The fraction of sp³-hybridized carbons (Fsp3) is 0.667. The summed E-state index contributed by atoms with van der Waals surface area (Å²) in [4.78, 5) is 23.3. The maximum absolute atomic E-state index is 11.6. The van der Waals surface area contributed by atoms with Crippen molar-refractivity contribution in [3.8, 4) is 0 Å². The summed E-state index contributed by atoms with van der Waals surface area (Å²) in [5.41, 5.74) is 0.0720. The second kappa shape index (κ2) is 11.0. The number of esters is 2. The normalized spacial score (nSPS) is 12.4. The van der Waals surface area contributed by atoms with E-state index in [9.17, 15) is 19.8 Å². The fourth-order valence-electron chi connectivity index (χ4n) is 1.95. The lowest BCUT2D eigenvalue weighted by atomic mass is 10.1. The second-order valence-corrected chi connectivity index (χ2v) is 6.11. The first-order chi connectivity index (χ1) is 11.1. The molecule has 0 spiro atoms. The van der Waals surface area contributed by atoms with Gasteiger partial charge in [-0.3, -0.25) is 0 Å². The van der Waals surface area contributed by atoms with Gasteiger partial charge >= 0.3 is 17.9 Å². The minimum absolute atomic E-state index is 0.0360. The standard InChI is InChI=1S/C18H30O6/c1-6-7-8-9-10-11-15(19)12-18(22,23-16(20)13(2)3)24-17(21)14(4)5/h15,19,22H,2,4,6-12H2,1,3,5H3. The van der Waals surface area contributed by atoms with Crippen molar-refractivity contribution in [2.75, 3.05) is 0 Å². The molecule has 24 heavy (non-hydrogen) atoms. The number of unbranched alkanes of at least 4 members (excludes halogenated alkanes) is 4. The molecule has 1 unspecified atom stereocenters. The van der Waals surface area contributed by atoms with Crippen molar-refractivity contribution in [1.29, 1.82) is 0 Å². The van der Waals surface area contributed by atoms with Crippen LogP contribution in [-0.4, -0.2) is 34.2 Å². The topological polar surface area (TPSA) is 93.1 Å². The zero-order valence-electron chi connectivity index (χ0n) is 15.0. The number of hydrogen-bond acceptors (Lipinski definition) is 6. The molecule has 0 saturated carbocycles. The first-order valence-electron chi connectivity index (χ1n) is 8.29. The highest BCUT2D eigenvalue weighted by Crippen LogP contribution is 2.22. The third-order valence-corrected chi connectivity index (χ3v) is 3.34. The zero-order valence-corrected chi connectivity index (χ0v) is 15.0. The Balaban J connectivity index is 4.73. The Bertz CT molecular complexity index is 426. The third-order valence-electron chi connectivity index (χ3n) is 3.34. The molecule has 0 saturated heterocycles. The SMILES string of the molecule is C=C(C)C(=O)OC(O)(CC(O)CCCCCCC)OC(=O)C(=C)C. The number of aliphatic hydroxyl groups excluding tert-OH is 1. The van der Waals surface area contributed by atoms with Crippen molar-refractivity contribution in [3.63, 3.8) is 0 Å². The van der Waals surface area contributed by atoms with Gasteiger partial charge in [-0.05, 0) is 20.3 Å². The van der Waals surface area contributed by atoms with Crippen molar-refractivity contribution in [1.82, 2.24) is 0 Å². The molecule has 0 bridgehead atoms. The van der Waals surface area contributed by atoms with E-state index in [-0.39, 0.29) is 11.1 Å². The van der Waals surface area contributed by atoms with Gasteiger partial charge in [0.25, 0.3) is 0 Å². The van der Waals surface area contributed by atoms with E-state index in [0.717, 1.165) is 32.1 Å². The van der Waals surface area contributed by atoms with Crippen molar-refractivity contribution in [3.05, 3.63) is 24.3 Å². The maximum Gasteiger partial charge on any atom is 0.376 e. The molecule has 6 nitrogen and oxygen atoms in total. The molecular formula is C18H30O6. The summed E-state index contributed by atoms with van der Waals surface area (Å²) in [6.45, 7) is 11.7. The molecule has 0 amide bonds. The van der Waals surface area contributed by atoms with Gasteiger partial charge in [0, 0.05) is 11.1 Å². The Morgan fingerprint density at radius 1 is 1.00 bits per heavy atom. The maximum atomic E-state index is 11.6. The molecule has 2 N–H and O–H groups in total. The van der Waals surface area contributed by atoms with Crippen LogP contribution < -0.4 is 0 Å². The van der Waals surface area contributed by atoms with Gasteiger partial charge in [-0.15, -0.1) is 0 Å². The van der Waals surface area contributed by atoms with Crippen molar-refractivity contribution in [2.45, 2.75) is 77.8 Å². The smallest absolute Gasteiger partial charge is 0.376 e. The van der Waals surface area contributed by atoms with Gasteiger partial charge in [0.05, 0.1) is 12.5 Å². The fourth-order valence-corrected chi connectivity index (χ4v) is 1.95.